The van der Waals surface area contributed by atoms with Crippen molar-refractivity contribution in [1.82, 2.24) is 9.97 Å². The summed E-state index contributed by atoms with van der Waals surface area (Å²) in [7, 11) is 1.90. The van der Waals surface area contributed by atoms with E-state index in [0.717, 1.165) is 16.2 Å². The Morgan fingerprint density at radius 2 is 1.86 bits per heavy atom. The second-order valence-electron chi connectivity index (χ2n) is 6.07. The Kier molecular flexibility index (Phi) is 4.61. The van der Waals surface area contributed by atoms with Gasteiger partial charge in [0.15, 0.2) is 0 Å². The topological polar surface area (TPSA) is 29.0 Å². The fourth-order valence-electron chi connectivity index (χ4n) is 1.90. The largest absolute Gasteiger partial charge is 0.355 e. The number of hydrogen-bond acceptors (Lipinski definition) is 3. The van der Waals surface area contributed by atoms with Crippen molar-refractivity contribution in [3.63, 3.8) is 0 Å². The highest BCUT2D eigenvalue weighted by atomic mass is 79.9. The number of halogens is 2. The molecule has 0 bridgehead atoms. The molecule has 112 valence electrons. The molecular weight excluding hydrogens is 333 g/mol. The van der Waals surface area contributed by atoms with E-state index in [2.05, 4.69) is 46.7 Å². The van der Waals surface area contributed by atoms with E-state index >= 15 is 0 Å². The van der Waals surface area contributed by atoms with E-state index in [-0.39, 0.29) is 11.2 Å². The van der Waals surface area contributed by atoms with Gasteiger partial charge < -0.3 is 4.90 Å². The van der Waals surface area contributed by atoms with E-state index < -0.39 is 0 Å². The SMILES string of the molecule is CN(Cc1ccccc1F)c1cc(Br)nc(C(C)(C)C)n1. The van der Waals surface area contributed by atoms with Gasteiger partial charge in [0.2, 0.25) is 0 Å². The van der Waals surface area contributed by atoms with Crippen molar-refractivity contribution in [3.05, 3.63) is 52.1 Å². The van der Waals surface area contributed by atoms with Crippen molar-refractivity contribution in [1.29, 1.82) is 0 Å². The Labute approximate surface area is 133 Å². The lowest BCUT2D eigenvalue weighted by molar-refractivity contribution is 0.542. The van der Waals surface area contributed by atoms with Crippen LogP contribution in [0.15, 0.2) is 34.9 Å². The number of anilines is 1. The van der Waals surface area contributed by atoms with Crippen LogP contribution in [0.1, 0.15) is 32.2 Å². The molecule has 0 aliphatic carbocycles. The van der Waals surface area contributed by atoms with Gasteiger partial charge in [0.25, 0.3) is 0 Å². The molecule has 0 saturated carbocycles. The summed E-state index contributed by atoms with van der Waals surface area (Å²) in [5.74, 6) is 1.32. The normalized spacial score (nSPS) is 11.5. The minimum Gasteiger partial charge on any atom is -0.355 e. The summed E-state index contributed by atoms with van der Waals surface area (Å²) in [5, 5.41) is 0. The number of aromatic nitrogens is 2. The number of benzene rings is 1. The van der Waals surface area contributed by atoms with Crippen molar-refractivity contribution >= 4 is 21.7 Å². The minimum atomic E-state index is -0.200. The summed E-state index contributed by atoms with van der Waals surface area (Å²) in [6, 6.07) is 8.63. The van der Waals surface area contributed by atoms with E-state index in [4.69, 9.17) is 0 Å². The van der Waals surface area contributed by atoms with Crippen LogP contribution in [0, 0.1) is 5.82 Å². The third-order valence-corrected chi connectivity index (χ3v) is 3.51. The van der Waals surface area contributed by atoms with E-state index in [1.165, 1.54) is 6.07 Å². The van der Waals surface area contributed by atoms with Crippen LogP contribution in [-0.4, -0.2) is 17.0 Å². The lowest BCUT2D eigenvalue weighted by Crippen LogP contribution is -2.22. The van der Waals surface area contributed by atoms with Gasteiger partial charge in [0, 0.05) is 30.6 Å². The Bertz CT molecular complexity index is 638. The minimum absolute atomic E-state index is 0.142. The number of nitrogens with zero attached hydrogens (tertiary/aromatic N) is 3. The first-order chi connectivity index (χ1) is 9.77. The lowest BCUT2D eigenvalue weighted by atomic mass is 9.96. The molecule has 0 unspecified atom stereocenters. The first-order valence-electron chi connectivity index (χ1n) is 6.77. The Morgan fingerprint density at radius 1 is 1.19 bits per heavy atom. The molecule has 21 heavy (non-hydrogen) atoms. The summed E-state index contributed by atoms with van der Waals surface area (Å²) in [6.07, 6.45) is 0. The molecule has 0 aliphatic rings. The van der Waals surface area contributed by atoms with Crippen LogP contribution < -0.4 is 4.90 Å². The highest BCUT2D eigenvalue weighted by Gasteiger charge is 2.20. The Balaban J connectivity index is 2.29. The highest BCUT2D eigenvalue weighted by molar-refractivity contribution is 9.10. The van der Waals surface area contributed by atoms with Crippen molar-refractivity contribution in [2.75, 3.05) is 11.9 Å². The molecule has 5 heteroatoms. The zero-order chi connectivity index (χ0) is 15.6. The molecule has 1 aromatic heterocycles. The smallest absolute Gasteiger partial charge is 0.137 e. The molecule has 0 fully saturated rings. The predicted molar refractivity (Wildman–Crippen MR) is 86.9 cm³/mol. The van der Waals surface area contributed by atoms with E-state index in [1.54, 1.807) is 12.1 Å². The van der Waals surface area contributed by atoms with Crippen molar-refractivity contribution < 1.29 is 4.39 Å². The fourth-order valence-corrected chi connectivity index (χ4v) is 2.27. The average Bonchev–Trinajstić information content (AvgIpc) is 2.39. The Morgan fingerprint density at radius 3 is 2.48 bits per heavy atom. The molecule has 0 radical (unpaired) electrons. The summed E-state index contributed by atoms with van der Waals surface area (Å²) in [6.45, 7) is 6.65. The fraction of sp³-hybridized carbons (Fsp3) is 0.375. The van der Waals surface area contributed by atoms with Crippen LogP contribution in [0.4, 0.5) is 10.2 Å². The molecule has 1 aromatic carbocycles. The van der Waals surface area contributed by atoms with Crippen molar-refractivity contribution in [2.45, 2.75) is 32.7 Å². The maximum absolute atomic E-state index is 13.7. The third-order valence-electron chi connectivity index (χ3n) is 3.11. The van der Waals surface area contributed by atoms with Gasteiger partial charge in [-0.2, -0.15) is 0 Å². The summed E-state index contributed by atoms with van der Waals surface area (Å²) >= 11 is 3.42. The summed E-state index contributed by atoms with van der Waals surface area (Å²) in [4.78, 5) is 10.9. The van der Waals surface area contributed by atoms with Gasteiger partial charge in [-0.1, -0.05) is 39.0 Å². The molecular formula is C16H19BrFN3. The number of rotatable bonds is 3. The molecule has 0 saturated heterocycles. The van der Waals surface area contributed by atoms with Crippen molar-refractivity contribution in [2.24, 2.45) is 0 Å². The molecule has 2 rings (SSSR count). The second-order valence-corrected chi connectivity index (χ2v) is 6.88. The quantitative estimate of drug-likeness (QED) is 0.771. The maximum Gasteiger partial charge on any atom is 0.137 e. The van der Waals surface area contributed by atoms with Gasteiger partial charge in [-0.25, -0.2) is 14.4 Å². The van der Waals surface area contributed by atoms with Gasteiger partial charge in [0.05, 0.1) is 0 Å². The highest BCUT2D eigenvalue weighted by Crippen LogP contribution is 2.24. The molecule has 0 aliphatic heterocycles. The molecule has 3 nitrogen and oxygen atoms in total. The standard InChI is InChI=1S/C16H19BrFN3/c1-16(2,3)15-19-13(17)9-14(20-15)21(4)10-11-7-5-6-8-12(11)18/h5-9H,10H2,1-4H3. The molecule has 0 amide bonds. The van der Waals surface area contributed by atoms with Crippen molar-refractivity contribution in [3.8, 4) is 0 Å². The first-order valence-corrected chi connectivity index (χ1v) is 7.56. The van der Waals surface area contributed by atoms with E-state index in [1.807, 2.05) is 24.1 Å². The van der Waals surface area contributed by atoms with Gasteiger partial charge in [-0.3, -0.25) is 0 Å². The monoisotopic (exact) mass is 351 g/mol. The second kappa shape index (κ2) is 6.10. The summed E-state index contributed by atoms with van der Waals surface area (Å²) in [5.41, 5.74) is 0.504. The zero-order valence-electron chi connectivity index (χ0n) is 12.7. The van der Waals surface area contributed by atoms with E-state index in [9.17, 15) is 4.39 Å². The van der Waals surface area contributed by atoms with Gasteiger partial charge in [-0.05, 0) is 22.0 Å². The van der Waals surface area contributed by atoms with Crippen LogP contribution in [0.3, 0.4) is 0 Å². The Hall–Kier alpha value is -1.49. The van der Waals surface area contributed by atoms with Crippen LogP contribution in [0.25, 0.3) is 0 Å². The average molecular weight is 352 g/mol. The third kappa shape index (κ3) is 4.00. The zero-order valence-corrected chi connectivity index (χ0v) is 14.3. The summed E-state index contributed by atoms with van der Waals surface area (Å²) < 4.78 is 14.5. The molecule has 1 heterocycles. The lowest BCUT2D eigenvalue weighted by Gasteiger charge is -2.22. The van der Waals surface area contributed by atoms with Crippen LogP contribution in [0.2, 0.25) is 0 Å². The molecule has 0 spiro atoms. The molecule has 0 atom stereocenters. The number of hydrogen-bond donors (Lipinski definition) is 0. The van der Waals surface area contributed by atoms with Gasteiger partial charge in [-0.15, -0.1) is 0 Å². The molecule has 0 N–H and O–H groups in total. The van der Waals surface area contributed by atoms with Gasteiger partial charge >= 0.3 is 0 Å². The molecule has 2 aromatic rings. The van der Waals surface area contributed by atoms with Gasteiger partial charge in [0.1, 0.15) is 22.1 Å². The predicted octanol–water partition coefficient (Wildman–Crippen LogP) is 4.31. The van der Waals surface area contributed by atoms with Crippen LogP contribution >= 0.6 is 15.9 Å². The van der Waals surface area contributed by atoms with Crippen LogP contribution in [0.5, 0.6) is 0 Å². The maximum atomic E-state index is 13.7. The first kappa shape index (κ1) is 15.9. The van der Waals surface area contributed by atoms with E-state index in [0.29, 0.717) is 12.1 Å². The van der Waals surface area contributed by atoms with Crippen LogP contribution in [-0.2, 0) is 12.0 Å².